The molecule has 6 nitrogen and oxygen atoms in total. The van der Waals surface area contributed by atoms with Gasteiger partial charge in [0.1, 0.15) is 5.60 Å². The number of likely N-dealkylation sites (tertiary alicyclic amines) is 1. The number of ether oxygens (including phenoxy) is 1. The summed E-state index contributed by atoms with van der Waals surface area (Å²) in [5.41, 5.74) is -0.422. The third-order valence-electron chi connectivity index (χ3n) is 5.06. The minimum atomic E-state index is -0.422. The average Bonchev–Trinajstić information content (AvgIpc) is 2.55. The van der Waals surface area contributed by atoms with Gasteiger partial charge >= 0.3 is 6.09 Å². The number of piperazine rings is 1. The predicted molar refractivity (Wildman–Crippen MR) is 102 cm³/mol. The molecule has 1 N–H and O–H groups in total. The van der Waals surface area contributed by atoms with Crippen LogP contribution in [-0.2, 0) is 4.74 Å². The lowest BCUT2D eigenvalue weighted by molar-refractivity contribution is 0.00995. The van der Waals surface area contributed by atoms with Crippen LogP contribution in [0.15, 0.2) is 0 Å². The Morgan fingerprint density at radius 1 is 1.12 bits per heavy atom. The van der Waals surface area contributed by atoms with E-state index in [-0.39, 0.29) is 12.1 Å². The summed E-state index contributed by atoms with van der Waals surface area (Å²) in [4.78, 5) is 19.3. The second-order valence-corrected chi connectivity index (χ2v) is 8.53. The maximum atomic E-state index is 12.4. The first-order chi connectivity index (χ1) is 11.8. The molecule has 25 heavy (non-hydrogen) atoms. The zero-order chi connectivity index (χ0) is 18.3. The molecule has 2 heterocycles. The topological polar surface area (TPSA) is 48.0 Å². The van der Waals surface area contributed by atoms with E-state index in [2.05, 4.69) is 22.2 Å². The first-order valence-corrected chi connectivity index (χ1v) is 9.96. The zero-order valence-electron chi connectivity index (χ0n) is 16.7. The minimum Gasteiger partial charge on any atom is -0.444 e. The van der Waals surface area contributed by atoms with Gasteiger partial charge in [-0.15, -0.1) is 0 Å². The SMILES string of the molecule is CN1CCN(CCCNCC2CCCCN2C(=O)OC(C)(C)C)CC1. The van der Waals surface area contributed by atoms with Crippen LogP contribution in [-0.4, -0.2) is 91.8 Å². The number of likely N-dealkylation sites (N-methyl/N-ethyl adjacent to an activating group) is 1. The number of carbonyl (C=O) groups is 1. The Morgan fingerprint density at radius 2 is 1.84 bits per heavy atom. The van der Waals surface area contributed by atoms with E-state index in [1.807, 2.05) is 25.7 Å². The normalized spacial score (nSPS) is 23.7. The summed E-state index contributed by atoms with van der Waals surface area (Å²) in [5.74, 6) is 0. The van der Waals surface area contributed by atoms with E-state index < -0.39 is 5.60 Å². The summed E-state index contributed by atoms with van der Waals surface area (Å²) in [6.07, 6.45) is 4.37. The first kappa shape index (κ1) is 20.5. The quantitative estimate of drug-likeness (QED) is 0.740. The van der Waals surface area contributed by atoms with Crippen LogP contribution in [0.2, 0.25) is 0 Å². The molecule has 2 aliphatic heterocycles. The Morgan fingerprint density at radius 3 is 2.52 bits per heavy atom. The van der Waals surface area contributed by atoms with Crippen LogP contribution in [0, 0.1) is 0 Å². The van der Waals surface area contributed by atoms with Crippen LogP contribution in [0.25, 0.3) is 0 Å². The maximum absolute atomic E-state index is 12.4. The average molecular weight is 355 g/mol. The number of hydrogen-bond donors (Lipinski definition) is 1. The zero-order valence-corrected chi connectivity index (χ0v) is 16.7. The second-order valence-electron chi connectivity index (χ2n) is 8.53. The van der Waals surface area contributed by atoms with E-state index in [0.29, 0.717) is 0 Å². The summed E-state index contributed by atoms with van der Waals surface area (Å²) >= 11 is 0. The molecule has 0 radical (unpaired) electrons. The smallest absolute Gasteiger partial charge is 0.410 e. The van der Waals surface area contributed by atoms with E-state index in [1.54, 1.807) is 0 Å². The molecule has 0 spiro atoms. The molecule has 2 aliphatic rings. The van der Waals surface area contributed by atoms with Crippen LogP contribution in [0.4, 0.5) is 4.79 Å². The Bertz CT molecular complexity index is 403. The second kappa shape index (κ2) is 9.74. The monoisotopic (exact) mass is 354 g/mol. The van der Waals surface area contributed by atoms with Crippen LogP contribution >= 0.6 is 0 Å². The molecular formula is C19H38N4O2. The Labute approximate surface area is 153 Å². The van der Waals surface area contributed by atoms with Crippen molar-refractivity contribution in [3.63, 3.8) is 0 Å². The number of piperidine rings is 1. The molecular weight excluding hydrogens is 316 g/mol. The molecule has 2 rings (SSSR count). The molecule has 0 aliphatic carbocycles. The van der Waals surface area contributed by atoms with E-state index in [9.17, 15) is 4.79 Å². The fourth-order valence-electron chi connectivity index (χ4n) is 3.54. The number of carbonyl (C=O) groups excluding carboxylic acids is 1. The maximum Gasteiger partial charge on any atom is 0.410 e. The molecule has 1 unspecified atom stereocenters. The third kappa shape index (κ3) is 7.50. The van der Waals surface area contributed by atoms with Gasteiger partial charge in [-0.3, -0.25) is 0 Å². The van der Waals surface area contributed by atoms with Gasteiger partial charge < -0.3 is 24.8 Å². The van der Waals surface area contributed by atoms with Crippen molar-refractivity contribution in [1.29, 1.82) is 0 Å². The molecule has 0 saturated carbocycles. The summed E-state index contributed by atoms with van der Waals surface area (Å²) < 4.78 is 5.57. The minimum absolute atomic E-state index is 0.156. The third-order valence-corrected chi connectivity index (χ3v) is 5.06. The molecule has 0 bridgehead atoms. The molecule has 0 aromatic carbocycles. The molecule has 2 saturated heterocycles. The Kier molecular flexibility index (Phi) is 7.97. The summed E-state index contributed by atoms with van der Waals surface area (Å²) in [6, 6.07) is 0.271. The number of hydrogen-bond acceptors (Lipinski definition) is 5. The molecule has 146 valence electrons. The predicted octanol–water partition coefficient (Wildman–Crippen LogP) is 2.00. The van der Waals surface area contributed by atoms with Gasteiger partial charge in [0.2, 0.25) is 0 Å². The lowest BCUT2D eigenvalue weighted by atomic mass is 10.0. The van der Waals surface area contributed by atoms with Gasteiger partial charge in [0, 0.05) is 45.3 Å². The standard InChI is InChI=1S/C19H38N4O2/c1-19(2,3)25-18(24)23-11-6-5-8-17(23)16-20-9-7-10-22-14-12-21(4)13-15-22/h17,20H,5-16H2,1-4H3. The molecule has 0 aromatic rings. The van der Waals surface area contributed by atoms with Crippen LogP contribution in [0.1, 0.15) is 46.5 Å². The molecule has 1 amide bonds. The van der Waals surface area contributed by atoms with Crippen LogP contribution in [0.3, 0.4) is 0 Å². The van der Waals surface area contributed by atoms with Crippen molar-refractivity contribution in [2.75, 3.05) is 59.4 Å². The van der Waals surface area contributed by atoms with Crippen molar-refractivity contribution in [1.82, 2.24) is 20.0 Å². The number of rotatable bonds is 6. The van der Waals surface area contributed by atoms with Crippen molar-refractivity contribution in [3.8, 4) is 0 Å². The van der Waals surface area contributed by atoms with Gasteiger partial charge in [0.25, 0.3) is 0 Å². The van der Waals surface area contributed by atoms with Crippen LogP contribution < -0.4 is 5.32 Å². The van der Waals surface area contributed by atoms with E-state index >= 15 is 0 Å². The van der Waals surface area contributed by atoms with Gasteiger partial charge in [-0.25, -0.2) is 4.79 Å². The van der Waals surface area contributed by atoms with Gasteiger partial charge in [0.05, 0.1) is 0 Å². The number of nitrogens with one attached hydrogen (secondary N) is 1. The molecule has 2 fully saturated rings. The van der Waals surface area contributed by atoms with Crippen molar-refractivity contribution >= 4 is 6.09 Å². The van der Waals surface area contributed by atoms with Crippen molar-refractivity contribution < 1.29 is 9.53 Å². The summed E-state index contributed by atoms with van der Waals surface area (Å²) in [7, 11) is 2.19. The van der Waals surface area contributed by atoms with Gasteiger partial charge in [0.15, 0.2) is 0 Å². The molecule has 0 aromatic heterocycles. The lowest BCUT2D eigenvalue weighted by Crippen LogP contribution is -2.50. The summed E-state index contributed by atoms with van der Waals surface area (Å²) in [5, 5.41) is 3.56. The lowest BCUT2D eigenvalue weighted by Gasteiger charge is -2.37. The highest BCUT2D eigenvalue weighted by Gasteiger charge is 2.30. The first-order valence-electron chi connectivity index (χ1n) is 9.96. The Balaban J connectivity index is 1.65. The summed E-state index contributed by atoms with van der Waals surface area (Å²) in [6.45, 7) is 14.4. The van der Waals surface area contributed by atoms with Crippen LogP contribution in [0.5, 0.6) is 0 Å². The van der Waals surface area contributed by atoms with E-state index in [4.69, 9.17) is 4.74 Å². The Hall–Kier alpha value is -0.850. The number of amides is 1. The van der Waals surface area contributed by atoms with Crippen molar-refractivity contribution in [3.05, 3.63) is 0 Å². The largest absolute Gasteiger partial charge is 0.444 e. The highest BCUT2D eigenvalue weighted by Crippen LogP contribution is 2.20. The fraction of sp³-hybridized carbons (Fsp3) is 0.947. The highest BCUT2D eigenvalue weighted by atomic mass is 16.6. The van der Waals surface area contributed by atoms with E-state index in [0.717, 1.165) is 32.5 Å². The fourth-order valence-corrected chi connectivity index (χ4v) is 3.54. The molecule has 6 heteroatoms. The van der Waals surface area contributed by atoms with Gasteiger partial charge in [-0.2, -0.15) is 0 Å². The van der Waals surface area contributed by atoms with Crippen molar-refractivity contribution in [2.45, 2.75) is 58.1 Å². The number of nitrogens with zero attached hydrogens (tertiary/aromatic N) is 3. The highest BCUT2D eigenvalue weighted by molar-refractivity contribution is 5.68. The van der Waals surface area contributed by atoms with E-state index in [1.165, 1.54) is 45.6 Å². The van der Waals surface area contributed by atoms with Crippen molar-refractivity contribution in [2.24, 2.45) is 0 Å². The van der Waals surface area contributed by atoms with Gasteiger partial charge in [-0.1, -0.05) is 0 Å². The molecule has 1 atom stereocenters. The van der Waals surface area contributed by atoms with Gasteiger partial charge in [-0.05, 0) is 66.6 Å².